The summed E-state index contributed by atoms with van der Waals surface area (Å²) in [5.74, 6) is 0.142. The highest BCUT2D eigenvalue weighted by molar-refractivity contribution is 7.99. The summed E-state index contributed by atoms with van der Waals surface area (Å²) in [6.07, 6.45) is 3.67. The second kappa shape index (κ2) is 8.31. The van der Waals surface area contributed by atoms with Crippen LogP contribution in [0, 0.1) is 0 Å². The minimum absolute atomic E-state index is 0.0287. The number of fused-ring (bicyclic) bond motifs is 1. The van der Waals surface area contributed by atoms with Gasteiger partial charge in [-0.2, -0.15) is 0 Å². The quantitative estimate of drug-likeness (QED) is 0.329. The molecular weight excluding hydrogens is 402 g/mol. The molecule has 154 valence electrons. The number of aromatic nitrogens is 2. The van der Waals surface area contributed by atoms with E-state index in [4.69, 9.17) is 4.74 Å². The van der Waals surface area contributed by atoms with Crippen LogP contribution in [-0.2, 0) is 9.53 Å². The maximum absolute atomic E-state index is 13.1. The molecule has 30 heavy (non-hydrogen) atoms. The van der Waals surface area contributed by atoms with E-state index in [0.717, 1.165) is 24.1 Å². The Hall–Kier alpha value is -3.13. The van der Waals surface area contributed by atoms with Crippen molar-refractivity contribution < 1.29 is 14.3 Å². The van der Waals surface area contributed by atoms with Gasteiger partial charge in [0.05, 0.1) is 18.2 Å². The summed E-state index contributed by atoms with van der Waals surface area (Å²) >= 11 is 1.38. The summed E-state index contributed by atoms with van der Waals surface area (Å²) in [6.45, 7) is 3.69. The van der Waals surface area contributed by atoms with Gasteiger partial charge in [-0.3, -0.25) is 9.59 Å². The topological polar surface area (TPSA) is 101 Å². The number of hydrogen-bond acceptors (Lipinski definition) is 7. The Morgan fingerprint density at radius 2 is 2.07 bits per heavy atom. The van der Waals surface area contributed by atoms with Gasteiger partial charge in [0.1, 0.15) is 5.82 Å². The number of nitrogens with zero attached hydrogens (tertiary/aromatic N) is 1. The third-order valence-corrected chi connectivity index (χ3v) is 6.11. The van der Waals surface area contributed by atoms with Gasteiger partial charge in [0, 0.05) is 29.4 Å². The van der Waals surface area contributed by atoms with Crippen LogP contribution < -0.4 is 10.9 Å². The summed E-state index contributed by atoms with van der Waals surface area (Å²) in [7, 11) is 1.32. The van der Waals surface area contributed by atoms with E-state index in [-0.39, 0.29) is 11.3 Å². The van der Waals surface area contributed by atoms with Gasteiger partial charge in [-0.25, -0.2) is 9.78 Å². The van der Waals surface area contributed by atoms with Crippen molar-refractivity contribution in [2.75, 3.05) is 18.2 Å². The molecular formula is C22H21N3O4S. The number of anilines is 1. The molecule has 1 aliphatic heterocycles. The van der Waals surface area contributed by atoms with Crippen molar-refractivity contribution in [3.8, 4) is 0 Å². The molecule has 2 aliphatic rings. The van der Waals surface area contributed by atoms with Crippen LogP contribution in [0.1, 0.15) is 46.7 Å². The van der Waals surface area contributed by atoms with Gasteiger partial charge in [0.15, 0.2) is 10.9 Å². The Bertz CT molecular complexity index is 1120. The predicted octanol–water partition coefficient (Wildman–Crippen LogP) is 3.40. The number of carbonyl (C=O) groups is 2. The second-order valence-electron chi connectivity index (χ2n) is 7.07. The fourth-order valence-corrected chi connectivity index (χ4v) is 4.51. The molecule has 0 fully saturated rings. The molecule has 2 heterocycles. The van der Waals surface area contributed by atoms with E-state index < -0.39 is 11.9 Å². The smallest absolute Gasteiger partial charge is 0.337 e. The van der Waals surface area contributed by atoms with Crippen LogP contribution in [0.4, 0.5) is 5.82 Å². The molecule has 1 aliphatic carbocycles. The average Bonchev–Trinajstić information content (AvgIpc) is 2.76. The first-order valence-corrected chi connectivity index (χ1v) is 10.6. The average molecular weight is 423 g/mol. The van der Waals surface area contributed by atoms with Gasteiger partial charge in [-0.05, 0) is 30.5 Å². The van der Waals surface area contributed by atoms with E-state index in [9.17, 15) is 14.4 Å². The Morgan fingerprint density at radius 1 is 1.30 bits per heavy atom. The Labute approximate surface area is 177 Å². The molecule has 1 aromatic carbocycles. The van der Waals surface area contributed by atoms with Gasteiger partial charge >= 0.3 is 5.97 Å². The molecule has 4 rings (SSSR count). The highest BCUT2D eigenvalue weighted by Gasteiger charge is 2.37. The molecule has 1 aromatic heterocycles. The molecule has 1 unspecified atom stereocenters. The molecule has 0 radical (unpaired) electrons. The predicted molar refractivity (Wildman–Crippen MR) is 115 cm³/mol. The van der Waals surface area contributed by atoms with Crippen molar-refractivity contribution in [2.24, 2.45) is 0 Å². The van der Waals surface area contributed by atoms with Crippen molar-refractivity contribution in [1.82, 2.24) is 9.97 Å². The van der Waals surface area contributed by atoms with Crippen LogP contribution in [0.25, 0.3) is 0 Å². The minimum Gasteiger partial charge on any atom is -0.465 e. The number of ether oxygens (including phenoxy) is 1. The number of ketones is 1. The van der Waals surface area contributed by atoms with E-state index in [1.807, 2.05) is 0 Å². The van der Waals surface area contributed by atoms with Crippen molar-refractivity contribution >= 4 is 29.3 Å². The van der Waals surface area contributed by atoms with Crippen LogP contribution in [0.15, 0.2) is 58.1 Å². The summed E-state index contributed by atoms with van der Waals surface area (Å²) < 4.78 is 4.76. The number of esters is 1. The fraction of sp³-hybridized carbons (Fsp3) is 0.273. The number of benzene rings is 1. The van der Waals surface area contributed by atoms with Crippen molar-refractivity contribution in [3.63, 3.8) is 0 Å². The number of thioether (sulfide) groups is 1. The lowest BCUT2D eigenvalue weighted by atomic mass is 9.76. The van der Waals surface area contributed by atoms with E-state index in [2.05, 4.69) is 21.9 Å². The number of hydrogen-bond donors (Lipinski definition) is 2. The Balaban J connectivity index is 1.86. The van der Waals surface area contributed by atoms with E-state index >= 15 is 0 Å². The standard InChI is InChI=1S/C22H21N3O4S/c1-3-11-30-22-24-19-18(20(27)25-22)16(17-14(23-19)5-4-6-15(17)26)12-7-9-13(10-8-12)21(28)29-2/h3,7-10,16H,1,4-6,11H2,2H3,(H2,23,24,25,27). The first-order chi connectivity index (χ1) is 14.5. The molecule has 0 saturated carbocycles. The first kappa shape index (κ1) is 20.2. The van der Waals surface area contributed by atoms with Gasteiger partial charge in [-0.15, -0.1) is 6.58 Å². The number of H-pyrrole nitrogens is 1. The van der Waals surface area contributed by atoms with Crippen molar-refractivity contribution in [3.05, 3.63) is 75.2 Å². The monoisotopic (exact) mass is 423 g/mol. The van der Waals surface area contributed by atoms with E-state index in [1.165, 1.54) is 18.9 Å². The van der Waals surface area contributed by atoms with Crippen molar-refractivity contribution in [2.45, 2.75) is 30.3 Å². The SMILES string of the molecule is C=CCSc1nc2c(c(=O)[nH]1)C(c1ccc(C(=O)OC)cc1)C1=C(CCCC1=O)N2. The molecule has 8 heteroatoms. The van der Waals surface area contributed by atoms with Crippen LogP contribution >= 0.6 is 11.8 Å². The largest absolute Gasteiger partial charge is 0.465 e. The number of carbonyl (C=O) groups excluding carboxylic acids is 2. The maximum Gasteiger partial charge on any atom is 0.337 e. The number of nitrogens with one attached hydrogen (secondary N) is 2. The number of Topliss-reactive ketones (excluding diaryl/α,β-unsaturated/α-hetero) is 1. The van der Waals surface area contributed by atoms with Gasteiger partial charge in [-0.1, -0.05) is 30.0 Å². The number of aromatic amines is 1. The normalized spacial score (nSPS) is 17.6. The van der Waals surface area contributed by atoms with Crippen LogP contribution in [0.5, 0.6) is 0 Å². The lowest BCUT2D eigenvalue weighted by Gasteiger charge is -2.32. The maximum atomic E-state index is 13.1. The fourth-order valence-electron chi connectivity index (χ4n) is 3.91. The number of rotatable bonds is 5. The zero-order chi connectivity index (χ0) is 21.3. The van der Waals surface area contributed by atoms with Crippen LogP contribution in [0.2, 0.25) is 0 Å². The molecule has 1 atom stereocenters. The minimum atomic E-state index is -0.537. The molecule has 2 aromatic rings. The molecule has 7 nitrogen and oxygen atoms in total. The van der Waals surface area contributed by atoms with Crippen LogP contribution in [-0.4, -0.2) is 34.6 Å². The number of allylic oxidation sites excluding steroid dienone is 2. The van der Waals surface area contributed by atoms with E-state index in [0.29, 0.717) is 39.8 Å². The van der Waals surface area contributed by atoms with Gasteiger partial charge < -0.3 is 15.0 Å². The summed E-state index contributed by atoms with van der Waals surface area (Å²) in [6, 6.07) is 6.81. The molecule has 0 amide bonds. The lowest BCUT2D eigenvalue weighted by molar-refractivity contribution is -0.116. The molecule has 0 bridgehead atoms. The molecule has 0 spiro atoms. The van der Waals surface area contributed by atoms with Crippen molar-refractivity contribution in [1.29, 1.82) is 0 Å². The number of methoxy groups -OCH3 is 1. The summed E-state index contributed by atoms with van der Waals surface area (Å²) in [5.41, 5.74) is 2.72. The summed E-state index contributed by atoms with van der Waals surface area (Å²) in [5, 5.41) is 3.74. The summed E-state index contributed by atoms with van der Waals surface area (Å²) in [4.78, 5) is 45.1. The third kappa shape index (κ3) is 3.59. The molecule has 2 N–H and O–H groups in total. The Morgan fingerprint density at radius 3 is 2.77 bits per heavy atom. The van der Waals surface area contributed by atoms with Crippen LogP contribution in [0.3, 0.4) is 0 Å². The third-order valence-electron chi connectivity index (χ3n) is 5.24. The zero-order valence-corrected chi connectivity index (χ0v) is 17.3. The molecule has 0 saturated heterocycles. The van der Waals surface area contributed by atoms with Gasteiger partial charge in [0.25, 0.3) is 5.56 Å². The van der Waals surface area contributed by atoms with E-state index in [1.54, 1.807) is 30.3 Å². The highest BCUT2D eigenvalue weighted by atomic mass is 32.2. The Kier molecular flexibility index (Phi) is 5.59. The lowest BCUT2D eigenvalue weighted by Crippen LogP contribution is -2.32. The van der Waals surface area contributed by atoms with Gasteiger partial charge in [0.2, 0.25) is 0 Å². The second-order valence-corrected chi connectivity index (χ2v) is 8.08. The highest BCUT2D eigenvalue weighted by Crippen LogP contribution is 2.43. The first-order valence-electron chi connectivity index (χ1n) is 9.63. The zero-order valence-electron chi connectivity index (χ0n) is 16.5.